The highest BCUT2D eigenvalue weighted by Gasteiger charge is 2.42. The van der Waals surface area contributed by atoms with E-state index in [4.69, 9.17) is 21.7 Å². The standard InChI is InChI=1S/C25H26N4O3S/c1-31-24(30)17-7-4-8-18(15-17)28-13-5-11-21(28)23-22(20-10-2-3-12-26-20)27-25(33)29(23)16-19-9-6-14-32-19/h2-5,7-8,10-13,15,19,22-23H,6,9,14,16H2,1H3,(H,27,33). The number of thiocarbonyl (C=S) groups is 1. The van der Waals surface area contributed by atoms with E-state index in [-0.39, 0.29) is 24.2 Å². The summed E-state index contributed by atoms with van der Waals surface area (Å²) in [5.74, 6) is -0.361. The van der Waals surface area contributed by atoms with Crippen molar-refractivity contribution in [2.45, 2.75) is 31.0 Å². The van der Waals surface area contributed by atoms with Crippen LogP contribution in [0.2, 0.25) is 0 Å². The summed E-state index contributed by atoms with van der Waals surface area (Å²) in [6.07, 6.45) is 6.07. The van der Waals surface area contributed by atoms with Crippen LogP contribution in [0.5, 0.6) is 0 Å². The van der Waals surface area contributed by atoms with Crippen LogP contribution in [0, 0.1) is 0 Å². The van der Waals surface area contributed by atoms with Crippen LogP contribution in [0.1, 0.15) is 46.7 Å². The number of carbonyl (C=O) groups excluding carboxylic acids is 1. The first-order valence-corrected chi connectivity index (χ1v) is 11.5. The van der Waals surface area contributed by atoms with E-state index in [0.29, 0.717) is 17.2 Å². The van der Waals surface area contributed by atoms with E-state index in [2.05, 4.69) is 25.8 Å². The fraction of sp³-hybridized carbons (Fsp3) is 0.320. The Kier molecular flexibility index (Phi) is 6.11. The van der Waals surface area contributed by atoms with Crippen LogP contribution in [0.25, 0.3) is 5.69 Å². The quantitative estimate of drug-likeness (QED) is 0.441. The smallest absolute Gasteiger partial charge is 0.337 e. The van der Waals surface area contributed by atoms with Crippen molar-refractivity contribution in [3.63, 3.8) is 0 Å². The lowest BCUT2D eigenvalue weighted by Crippen LogP contribution is -2.36. The normalized spacial score (nSPS) is 22.4. The van der Waals surface area contributed by atoms with Gasteiger partial charge in [0.05, 0.1) is 36.6 Å². The van der Waals surface area contributed by atoms with Crippen LogP contribution in [-0.4, -0.2) is 51.9 Å². The Bertz CT molecular complexity index is 1140. The fourth-order valence-electron chi connectivity index (χ4n) is 4.70. The average Bonchev–Trinajstić information content (AvgIpc) is 3.61. The predicted octanol–water partition coefficient (Wildman–Crippen LogP) is 3.81. The topological polar surface area (TPSA) is 68.6 Å². The van der Waals surface area contributed by atoms with Gasteiger partial charge < -0.3 is 24.3 Å². The van der Waals surface area contributed by atoms with Crippen LogP contribution >= 0.6 is 12.2 Å². The van der Waals surface area contributed by atoms with E-state index in [9.17, 15) is 4.79 Å². The zero-order chi connectivity index (χ0) is 22.8. The van der Waals surface area contributed by atoms with Gasteiger partial charge in [0.1, 0.15) is 0 Å². The highest BCUT2D eigenvalue weighted by molar-refractivity contribution is 7.80. The van der Waals surface area contributed by atoms with Gasteiger partial charge in [-0.3, -0.25) is 4.98 Å². The molecule has 2 saturated heterocycles. The van der Waals surface area contributed by atoms with Crippen LogP contribution in [0.15, 0.2) is 67.0 Å². The van der Waals surface area contributed by atoms with Crippen molar-refractivity contribution in [2.24, 2.45) is 0 Å². The Morgan fingerprint density at radius 1 is 1.24 bits per heavy atom. The number of nitrogens with one attached hydrogen (secondary N) is 1. The first-order chi connectivity index (χ1) is 16.2. The fourth-order valence-corrected chi connectivity index (χ4v) is 5.02. The van der Waals surface area contributed by atoms with Gasteiger partial charge in [0, 0.05) is 36.9 Å². The molecule has 0 amide bonds. The first-order valence-electron chi connectivity index (χ1n) is 11.1. The van der Waals surface area contributed by atoms with E-state index in [1.165, 1.54) is 7.11 Å². The van der Waals surface area contributed by atoms with Crippen molar-refractivity contribution in [3.8, 4) is 5.69 Å². The van der Waals surface area contributed by atoms with Crippen LogP contribution in [0.3, 0.4) is 0 Å². The summed E-state index contributed by atoms with van der Waals surface area (Å²) in [5, 5.41) is 4.20. The third-order valence-corrected chi connectivity index (χ3v) is 6.60. The zero-order valence-electron chi connectivity index (χ0n) is 18.4. The van der Waals surface area contributed by atoms with Gasteiger partial charge >= 0.3 is 5.97 Å². The summed E-state index contributed by atoms with van der Waals surface area (Å²) in [6.45, 7) is 1.51. The van der Waals surface area contributed by atoms with E-state index in [0.717, 1.165) is 36.5 Å². The molecule has 7 nitrogen and oxygen atoms in total. The number of rotatable bonds is 6. The van der Waals surface area contributed by atoms with E-state index in [1.807, 2.05) is 48.7 Å². The van der Waals surface area contributed by atoms with Crippen molar-refractivity contribution >= 4 is 23.3 Å². The van der Waals surface area contributed by atoms with Gasteiger partial charge in [0.2, 0.25) is 0 Å². The molecule has 1 N–H and O–H groups in total. The molecule has 3 unspecified atom stereocenters. The number of carbonyl (C=O) groups is 1. The predicted molar refractivity (Wildman–Crippen MR) is 128 cm³/mol. The van der Waals surface area contributed by atoms with Crippen LogP contribution < -0.4 is 5.32 Å². The summed E-state index contributed by atoms with van der Waals surface area (Å²) >= 11 is 5.79. The summed E-state index contributed by atoms with van der Waals surface area (Å²) < 4.78 is 13.0. The van der Waals surface area contributed by atoms with Crippen molar-refractivity contribution in [2.75, 3.05) is 20.3 Å². The Hall–Kier alpha value is -3.23. The van der Waals surface area contributed by atoms with Crippen LogP contribution in [-0.2, 0) is 9.47 Å². The molecule has 170 valence electrons. The van der Waals surface area contributed by atoms with Crippen molar-refractivity contribution in [1.82, 2.24) is 19.8 Å². The van der Waals surface area contributed by atoms with E-state index < -0.39 is 0 Å². The second kappa shape index (κ2) is 9.33. The number of esters is 1. The molecule has 5 rings (SSSR count). The molecular formula is C25H26N4O3S. The summed E-state index contributed by atoms with van der Waals surface area (Å²) in [7, 11) is 1.39. The van der Waals surface area contributed by atoms with Crippen molar-refractivity contribution < 1.29 is 14.3 Å². The molecule has 0 radical (unpaired) electrons. The molecule has 0 spiro atoms. The molecule has 2 fully saturated rings. The summed E-state index contributed by atoms with van der Waals surface area (Å²) in [6, 6.07) is 17.3. The van der Waals surface area contributed by atoms with Gasteiger partial charge in [-0.25, -0.2) is 4.79 Å². The molecule has 8 heteroatoms. The number of hydrogen-bond donors (Lipinski definition) is 1. The molecule has 2 aliphatic rings. The Morgan fingerprint density at radius 3 is 2.91 bits per heavy atom. The van der Waals surface area contributed by atoms with Crippen LogP contribution in [0.4, 0.5) is 0 Å². The second-order valence-corrected chi connectivity index (χ2v) is 8.65. The number of nitrogens with zero attached hydrogens (tertiary/aromatic N) is 3. The molecule has 1 aromatic carbocycles. The van der Waals surface area contributed by atoms with Gasteiger partial charge in [-0.15, -0.1) is 0 Å². The maximum atomic E-state index is 12.1. The van der Waals surface area contributed by atoms with Crippen molar-refractivity contribution in [3.05, 3.63) is 83.9 Å². The number of methoxy groups -OCH3 is 1. The largest absolute Gasteiger partial charge is 0.465 e. The molecule has 2 aliphatic heterocycles. The first kappa shape index (κ1) is 21.6. The minimum Gasteiger partial charge on any atom is -0.465 e. The number of pyridine rings is 1. The van der Waals surface area contributed by atoms with Crippen molar-refractivity contribution in [1.29, 1.82) is 0 Å². The maximum Gasteiger partial charge on any atom is 0.337 e. The monoisotopic (exact) mass is 462 g/mol. The molecule has 2 aromatic heterocycles. The van der Waals surface area contributed by atoms with Gasteiger partial charge in [-0.1, -0.05) is 12.1 Å². The number of ether oxygens (including phenoxy) is 2. The molecule has 4 heterocycles. The maximum absolute atomic E-state index is 12.1. The Morgan fingerprint density at radius 2 is 2.15 bits per heavy atom. The molecular weight excluding hydrogens is 436 g/mol. The third-order valence-electron chi connectivity index (χ3n) is 6.25. The molecule has 0 aliphatic carbocycles. The Balaban J connectivity index is 1.56. The second-order valence-electron chi connectivity index (χ2n) is 8.26. The lowest BCUT2D eigenvalue weighted by molar-refractivity contribution is 0.0600. The summed E-state index contributed by atoms with van der Waals surface area (Å²) in [5.41, 5.74) is 3.37. The summed E-state index contributed by atoms with van der Waals surface area (Å²) in [4.78, 5) is 19.0. The third kappa shape index (κ3) is 4.24. The lowest BCUT2D eigenvalue weighted by Gasteiger charge is -2.30. The van der Waals surface area contributed by atoms with E-state index in [1.54, 1.807) is 12.3 Å². The molecule has 0 bridgehead atoms. The van der Waals surface area contributed by atoms with Gasteiger partial charge in [0.25, 0.3) is 0 Å². The zero-order valence-corrected chi connectivity index (χ0v) is 19.2. The average molecular weight is 463 g/mol. The SMILES string of the molecule is COC(=O)c1cccc(-n2cccc2C2C(c3ccccn3)NC(=S)N2CC2CCCO2)c1. The number of hydrogen-bond acceptors (Lipinski definition) is 5. The van der Waals surface area contributed by atoms with Gasteiger partial charge in [-0.2, -0.15) is 0 Å². The highest BCUT2D eigenvalue weighted by Crippen LogP contribution is 2.40. The molecule has 3 atom stereocenters. The Labute approximate surface area is 198 Å². The number of benzene rings is 1. The minimum atomic E-state index is -0.361. The van der Waals surface area contributed by atoms with Gasteiger partial charge in [-0.05, 0) is 67.5 Å². The molecule has 3 aromatic rings. The number of aromatic nitrogens is 2. The molecule has 33 heavy (non-hydrogen) atoms. The van der Waals surface area contributed by atoms with E-state index >= 15 is 0 Å². The van der Waals surface area contributed by atoms with Gasteiger partial charge in [0.15, 0.2) is 5.11 Å². The minimum absolute atomic E-state index is 0.0895. The lowest BCUT2D eigenvalue weighted by atomic mass is 10.0. The molecule has 0 saturated carbocycles. The highest BCUT2D eigenvalue weighted by atomic mass is 32.1.